The Bertz CT molecular complexity index is 397. The molecule has 0 spiro atoms. The molecule has 1 saturated carbocycles. The second-order valence-electron chi connectivity index (χ2n) is 5.82. The highest BCUT2D eigenvalue weighted by Gasteiger charge is 2.40. The van der Waals surface area contributed by atoms with E-state index in [1.807, 2.05) is 0 Å². The number of thiophene rings is 1. The van der Waals surface area contributed by atoms with E-state index in [1.165, 1.54) is 30.6 Å². The maximum atomic E-state index is 10.9. The number of aliphatic hydroxyl groups is 1. The van der Waals surface area contributed by atoms with E-state index < -0.39 is 0 Å². The molecule has 2 rings (SSSR count). The summed E-state index contributed by atoms with van der Waals surface area (Å²) in [6.45, 7) is 0. The lowest BCUT2D eigenvalue weighted by Gasteiger charge is -2.43. The van der Waals surface area contributed by atoms with Crippen molar-refractivity contribution in [2.45, 2.75) is 56.6 Å². The van der Waals surface area contributed by atoms with Crippen LogP contribution in [0.4, 0.5) is 0 Å². The molecule has 1 atom stereocenters. The molecule has 1 aromatic heterocycles. The summed E-state index contributed by atoms with van der Waals surface area (Å²) in [4.78, 5) is 3.53. The monoisotopic (exact) mass is 345 g/mol. The van der Waals surface area contributed by atoms with E-state index in [4.69, 9.17) is 0 Å². The Morgan fingerprint density at radius 2 is 1.95 bits per heavy atom. The van der Waals surface area contributed by atoms with Crippen molar-refractivity contribution in [3.05, 3.63) is 20.8 Å². The van der Waals surface area contributed by atoms with Gasteiger partial charge in [0.05, 0.1) is 6.10 Å². The first-order chi connectivity index (χ1) is 9.06. The molecule has 1 N–H and O–H groups in total. The van der Waals surface area contributed by atoms with E-state index in [0.717, 1.165) is 23.7 Å². The second kappa shape index (κ2) is 6.70. The zero-order chi connectivity index (χ0) is 13.9. The van der Waals surface area contributed by atoms with Crippen molar-refractivity contribution in [1.82, 2.24) is 4.90 Å². The molecule has 108 valence electrons. The third-order valence-corrected chi connectivity index (χ3v) is 6.50. The van der Waals surface area contributed by atoms with Gasteiger partial charge in [-0.25, -0.2) is 0 Å². The largest absolute Gasteiger partial charge is 0.391 e. The molecule has 0 saturated heterocycles. The second-order valence-corrected chi connectivity index (χ2v) is 7.68. The summed E-state index contributed by atoms with van der Waals surface area (Å²) in [5, 5.41) is 12.9. The average molecular weight is 346 g/mol. The van der Waals surface area contributed by atoms with Crippen LogP contribution in [0.1, 0.15) is 43.4 Å². The van der Waals surface area contributed by atoms with Crippen LogP contribution in [0.5, 0.6) is 0 Å². The van der Waals surface area contributed by atoms with Gasteiger partial charge in [0.15, 0.2) is 0 Å². The summed E-state index contributed by atoms with van der Waals surface area (Å²) in [6.07, 6.45) is 7.80. The Morgan fingerprint density at radius 1 is 1.32 bits per heavy atom. The fourth-order valence-corrected chi connectivity index (χ4v) is 4.81. The molecule has 1 unspecified atom stereocenters. The number of nitrogens with zero attached hydrogens (tertiary/aromatic N) is 1. The van der Waals surface area contributed by atoms with Gasteiger partial charge >= 0.3 is 0 Å². The molecule has 1 aliphatic carbocycles. The first kappa shape index (κ1) is 15.5. The Hall–Kier alpha value is 0.100. The fraction of sp³-hybridized carbons (Fsp3) is 0.733. The number of aliphatic hydroxyl groups excluding tert-OH is 1. The number of hydrogen-bond donors (Lipinski definition) is 1. The third kappa shape index (κ3) is 3.41. The summed E-state index contributed by atoms with van der Waals surface area (Å²) in [7, 11) is 4.25. The predicted molar refractivity (Wildman–Crippen MR) is 85.8 cm³/mol. The summed E-state index contributed by atoms with van der Waals surface area (Å²) in [6, 6.07) is 2.07. The van der Waals surface area contributed by atoms with Crippen molar-refractivity contribution >= 4 is 27.3 Å². The van der Waals surface area contributed by atoms with Gasteiger partial charge in [0.2, 0.25) is 0 Å². The molecule has 2 nitrogen and oxygen atoms in total. The normalized spacial score (nSPS) is 21.3. The van der Waals surface area contributed by atoms with Gasteiger partial charge in [0.1, 0.15) is 0 Å². The molecule has 0 amide bonds. The SMILES string of the molecule is CN(C)C1(C(O)Cc2sccc2Br)CCCCCC1. The number of halogens is 1. The standard InChI is InChI=1S/C15H24BrNOS/c1-17(2)15(8-5-3-4-6-9-15)14(18)11-13-12(16)7-10-19-13/h7,10,14,18H,3-6,8-9,11H2,1-2H3. The highest BCUT2D eigenvalue weighted by atomic mass is 79.9. The van der Waals surface area contributed by atoms with Crippen LogP contribution in [0.15, 0.2) is 15.9 Å². The Morgan fingerprint density at radius 3 is 2.42 bits per heavy atom. The molecule has 0 radical (unpaired) electrons. The van der Waals surface area contributed by atoms with Crippen LogP contribution >= 0.6 is 27.3 Å². The molecule has 0 aliphatic heterocycles. The molecule has 1 heterocycles. The highest BCUT2D eigenvalue weighted by Crippen LogP contribution is 2.36. The van der Waals surface area contributed by atoms with E-state index in [1.54, 1.807) is 11.3 Å². The van der Waals surface area contributed by atoms with Gasteiger partial charge in [-0.15, -0.1) is 11.3 Å². The van der Waals surface area contributed by atoms with Crippen LogP contribution in [0.2, 0.25) is 0 Å². The molecule has 1 fully saturated rings. The zero-order valence-corrected chi connectivity index (χ0v) is 14.3. The zero-order valence-electron chi connectivity index (χ0n) is 11.9. The summed E-state index contributed by atoms with van der Waals surface area (Å²) in [5.74, 6) is 0. The van der Waals surface area contributed by atoms with Gasteiger partial charge in [-0.1, -0.05) is 25.7 Å². The lowest BCUT2D eigenvalue weighted by atomic mass is 9.81. The minimum absolute atomic E-state index is 0.0417. The van der Waals surface area contributed by atoms with Crippen molar-refractivity contribution in [3.63, 3.8) is 0 Å². The van der Waals surface area contributed by atoms with Crippen LogP contribution < -0.4 is 0 Å². The molecule has 0 aromatic carbocycles. The third-order valence-electron chi connectivity index (χ3n) is 4.55. The lowest BCUT2D eigenvalue weighted by molar-refractivity contribution is -0.0171. The van der Waals surface area contributed by atoms with Crippen molar-refractivity contribution in [3.8, 4) is 0 Å². The number of hydrogen-bond acceptors (Lipinski definition) is 3. The smallest absolute Gasteiger partial charge is 0.0772 e. The molecule has 1 aliphatic rings. The van der Waals surface area contributed by atoms with Crippen molar-refractivity contribution in [2.24, 2.45) is 0 Å². The van der Waals surface area contributed by atoms with Crippen molar-refractivity contribution in [1.29, 1.82) is 0 Å². The molecule has 1 aromatic rings. The van der Waals surface area contributed by atoms with Crippen LogP contribution in [0, 0.1) is 0 Å². The Labute approximate surface area is 129 Å². The Kier molecular flexibility index (Phi) is 5.46. The van der Waals surface area contributed by atoms with Crippen LogP contribution in [-0.4, -0.2) is 35.7 Å². The number of rotatable bonds is 4. The number of likely N-dealkylation sites (N-methyl/N-ethyl adjacent to an activating group) is 1. The summed E-state index contributed by atoms with van der Waals surface area (Å²) in [5.41, 5.74) is -0.0417. The van der Waals surface area contributed by atoms with Gasteiger partial charge in [-0.3, -0.25) is 0 Å². The van der Waals surface area contributed by atoms with Gasteiger partial charge in [0.25, 0.3) is 0 Å². The topological polar surface area (TPSA) is 23.5 Å². The van der Waals surface area contributed by atoms with E-state index in [-0.39, 0.29) is 11.6 Å². The molecule has 4 heteroatoms. The maximum Gasteiger partial charge on any atom is 0.0772 e. The molecular weight excluding hydrogens is 322 g/mol. The van der Waals surface area contributed by atoms with E-state index in [0.29, 0.717) is 0 Å². The average Bonchev–Trinajstić information content (AvgIpc) is 2.66. The minimum Gasteiger partial charge on any atom is -0.391 e. The molecular formula is C15H24BrNOS. The molecule has 0 bridgehead atoms. The summed E-state index contributed by atoms with van der Waals surface area (Å²) < 4.78 is 1.14. The van der Waals surface area contributed by atoms with Gasteiger partial charge in [0, 0.05) is 21.3 Å². The van der Waals surface area contributed by atoms with Gasteiger partial charge in [-0.2, -0.15) is 0 Å². The van der Waals surface area contributed by atoms with Crippen LogP contribution in [0.25, 0.3) is 0 Å². The summed E-state index contributed by atoms with van der Waals surface area (Å²) >= 11 is 5.31. The first-order valence-electron chi connectivity index (χ1n) is 7.13. The highest BCUT2D eigenvalue weighted by molar-refractivity contribution is 9.10. The maximum absolute atomic E-state index is 10.9. The quantitative estimate of drug-likeness (QED) is 0.831. The first-order valence-corrected chi connectivity index (χ1v) is 8.81. The van der Waals surface area contributed by atoms with Gasteiger partial charge in [-0.05, 0) is 54.3 Å². The Balaban J connectivity index is 2.16. The predicted octanol–water partition coefficient (Wildman–Crippen LogP) is 4.07. The fourth-order valence-electron chi connectivity index (χ4n) is 3.26. The lowest BCUT2D eigenvalue weighted by Crippen LogP contribution is -2.54. The van der Waals surface area contributed by atoms with E-state index in [9.17, 15) is 5.11 Å². The van der Waals surface area contributed by atoms with E-state index >= 15 is 0 Å². The van der Waals surface area contributed by atoms with Crippen LogP contribution in [0.3, 0.4) is 0 Å². The molecule has 19 heavy (non-hydrogen) atoms. The van der Waals surface area contributed by atoms with Crippen LogP contribution in [-0.2, 0) is 6.42 Å². The van der Waals surface area contributed by atoms with Crippen molar-refractivity contribution < 1.29 is 5.11 Å². The van der Waals surface area contributed by atoms with Gasteiger partial charge < -0.3 is 10.0 Å². The van der Waals surface area contributed by atoms with Crippen molar-refractivity contribution in [2.75, 3.05) is 14.1 Å². The minimum atomic E-state index is -0.282. The van der Waals surface area contributed by atoms with E-state index in [2.05, 4.69) is 46.4 Å².